The van der Waals surface area contributed by atoms with E-state index < -0.39 is 0 Å². The van der Waals surface area contributed by atoms with Crippen LogP contribution >= 0.6 is 0 Å². The van der Waals surface area contributed by atoms with Gasteiger partial charge in [0.1, 0.15) is 0 Å². The first-order valence-electron chi connectivity index (χ1n) is 6.58. The van der Waals surface area contributed by atoms with Crippen LogP contribution in [0.25, 0.3) is 17.0 Å². The number of hydrogen-bond donors (Lipinski definition) is 0. The third kappa shape index (κ3) is 3.79. The molecule has 0 unspecified atom stereocenters. The van der Waals surface area contributed by atoms with Crippen LogP contribution in [0.4, 0.5) is 0 Å². The van der Waals surface area contributed by atoms with E-state index in [9.17, 15) is 4.79 Å². The molecule has 0 aliphatic carbocycles. The van der Waals surface area contributed by atoms with Gasteiger partial charge in [-0.1, -0.05) is 30.3 Å². The Kier molecular flexibility index (Phi) is 4.66. The zero-order valence-electron chi connectivity index (χ0n) is 11.7. The lowest BCUT2D eigenvalue weighted by Crippen LogP contribution is -1.99. The number of para-hydroxylation sites is 1. The summed E-state index contributed by atoms with van der Waals surface area (Å²) in [7, 11) is 0. The Morgan fingerprint density at radius 3 is 2.85 bits per heavy atom. The molecule has 0 radical (unpaired) electrons. The molecule has 0 N–H and O–H groups in total. The lowest BCUT2D eigenvalue weighted by Gasteiger charge is -1.99. The van der Waals surface area contributed by atoms with Crippen molar-refractivity contribution in [2.45, 2.75) is 13.8 Å². The molecule has 1 heterocycles. The number of esters is 1. The summed E-state index contributed by atoms with van der Waals surface area (Å²) in [5.41, 5.74) is 2.65. The van der Waals surface area contributed by atoms with Crippen LogP contribution in [0.1, 0.15) is 19.5 Å². The highest BCUT2D eigenvalue weighted by molar-refractivity contribution is 5.83. The summed E-state index contributed by atoms with van der Waals surface area (Å²) in [6.07, 6.45) is 5.21. The molecule has 0 spiro atoms. The van der Waals surface area contributed by atoms with Gasteiger partial charge in [0, 0.05) is 11.5 Å². The molecular weight excluding hydrogens is 250 g/mol. The average Bonchev–Trinajstić information content (AvgIpc) is 2.45. The molecule has 0 atom stereocenters. The van der Waals surface area contributed by atoms with Crippen molar-refractivity contribution in [1.29, 1.82) is 0 Å². The van der Waals surface area contributed by atoms with Crippen molar-refractivity contribution < 1.29 is 9.53 Å². The number of nitrogens with zero attached hydrogens (tertiary/aromatic N) is 1. The van der Waals surface area contributed by atoms with Crippen LogP contribution in [-0.2, 0) is 9.53 Å². The number of allylic oxidation sites excluding steroid dienone is 2. The zero-order valence-corrected chi connectivity index (χ0v) is 11.7. The molecule has 1 aromatic carbocycles. The Morgan fingerprint density at radius 2 is 2.05 bits per heavy atom. The van der Waals surface area contributed by atoms with Crippen LogP contribution in [-0.4, -0.2) is 17.6 Å². The molecule has 0 fully saturated rings. The van der Waals surface area contributed by atoms with Crippen molar-refractivity contribution in [3.8, 4) is 0 Å². The van der Waals surface area contributed by atoms with Crippen LogP contribution in [0.5, 0.6) is 0 Å². The molecule has 1 aromatic heterocycles. The number of pyridine rings is 1. The summed E-state index contributed by atoms with van der Waals surface area (Å²) in [6, 6.07) is 12.0. The van der Waals surface area contributed by atoms with Crippen molar-refractivity contribution in [2.75, 3.05) is 6.61 Å². The van der Waals surface area contributed by atoms with Crippen LogP contribution in [0, 0.1) is 0 Å². The Hall–Kier alpha value is -2.42. The van der Waals surface area contributed by atoms with E-state index in [-0.39, 0.29) is 5.97 Å². The van der Waals surface area contributed by atoms with Crippen molar-refractivity contribution >= 4 is 22.9 Å². The van der Waals surface area contributed by atoms with E-state index in [4.69, 9.17) is 4.74 Å². The summed E-state index contributed by atoms with van der Waals surface area (Å²) in [6.45, 7) is 4.03. The third-order valence-corrected chi connectivity index (χ3v) is 2.77. The van der Waals surface area contributed by atoms with Crippen molar-refractivity contribution in [1.82, 2.24) is 4.98 Å². The van der Waals surface area contributed by atoms with Gasteiger partial charge in [-0.2, -0.15) is 0 Å². The second-order valence-electron chi connectivity index (χ2n) is 4.40. The van der Waals surface area contributed by atoms with E-state index in [1.807, 2.05) is 55.5 Å². The zero-order chi connectivity index (χ0) is 14.4. The maximum absolute atomic E-state index is 11.3. The van der Waals surface area contributed by atoms with Gasteiger partial charge >= 0.3 is 5.97 Å². The number of benzene rings is 1. The fourth-order valence-electron chi connectivity index (χ4n) is 1.81. The first-order valence-corrected chi connectivity index (χ1v) is 6.58. The normalized spacial score (nSPS) is 12.0. The smallest absolute Gasteiger partial charge is 0.330 e. The molecule has 2 aromatic rings. The largest absolute Gasteiger partial charge is 0.463 e. The molecule has 2 rings (SSSR count). The molecule has 0 aliphatic rings. The lowest BCUT2D eigenvalue weighted by molar-refractivity contribution is -0.137. The predicted molar refractivity (Wildman–Crippen MR) is 81.2 cm³/mol. The molecule has 0 bridgehead atoms. The third-order valence-electron chi connectivity index (χ3n) is 2.77. The number of hydrogen-bond acceptors (Lipinski definition) is 3. The maximum Gasteiger partial charge on any atom is 0.330 e. The van der Waals surface area contributed by atoms with Crippen molar-refractivity contribution in [2.24, 2.45) is 0 Å². The Morgan fingerprint density at radius 1 is 1.25 bits per heavy atom. The van der Waals surface area contributed by atoms with E-state index in [0.717, 1.165) is 22.2 Å². The number of aromatic nitrogens is 1. The molecule has 0 saturated heterocycles. The maximum atomic E-state index is 11.3. The Balaban J connectivity index is 2.15. The number of carbonyl (C=O) groups excluding carboxylic acids is 1. The minimum Gasteiger partial charge on any atom is -0.463 e. The van der Waals surface area contributed by atoms with Gasteiger partial charge in [0.15, 0.2) is 0 Å². The van der Waals surface area contributed by atoms with E-state index >= 15 is 0 Å². The molecular formula is C17H17NO2. The van der Waals surface area contributed by atoms with E-state index in [0.29, 0.717) is 6.61 Å². The molecule has 0 aliphatic heterocycles. The Labute approximate surface area is 118 Å². The monoisotopic (exact) mass is 267 g/mol. The molecule has 0 amide bonds. The number of ether oxygens (including phenoxy) is 1. The quantitative estimate of drug-likeness (QED) is 0.481. The van der Waals surface area contributed by atoms with Gasteiger partial charge in [-0.25, -0.2) is 9.78 Å². The first-order chi connectivity index (χ1) is 9.69. The molecule has 102 valence electrons. The van der Waals surface area contributed by atoms with Gasteiger partial charge in [0.05, 0.1) is 17.8 Å². The summed E-state index contributed by atoms with van der Waals surface area (Å²) >= 11 is 0. The molecule has 3 heteroatoms. The highest BCUT2D eigenvalue weighted by atomic mass is 16.5. The lowest BCUT2D eigenvalue weighted by atomic mass is 10.2. The average molecular weight is 267 g/mol. The van der Waals surface area contributed by atoms with Gasteiger partial charge in [-0.3, -0.25) is 0 Å². The number of fused-ring (bicyclic) bond motifs is 1. The second kappa shape index (κ2) is 6.66. The van der Waals surface area contributed by atoms with Crippen molar-refractivity contribution in [3.05, 3.63) is 59.8 Å². The van der Waals surface area contributed by atoms with Gasteiger partial charge in [-0.15, -0.1) is 0 Å². The molecule has 0 saturated carbocycles. The van der Waals surface area contributed by atoms with Crippen LogP contribution < -0.4 is 0 Å². The number of carbonyl (C=O) groups is 1. The van der Waals surface area contributed by atoms with Crippen LogP contribution in [0.15, 0.2) is 54.1 Å². The molecule has 3 nitrogen and oxygen atoms in total. The van der Waals surface area contributed by atoms with Crippen molar-refractivity contribution in [3.63, 3.8) is 0 Å². The predicted octanol–water partition coefficient (Wildman–Crippen LogP) is 3.76. The SMILES string of the molecule is CCOC(=O)/C=C(C)\C=C\c1ccc2ccccc2n1. The van der Waals surface area contributed by atoms with Gasteiger partial charge in [0.25, 0.3) is 0 Å². The highest BCUT2D eigenvalue weighted by Crippen LogP contribution is 2.13. The van der Waals surface area contributed by atoms with Crippen LogP contribution in [0.2, 0.25) is 0 Å². The second-order valence-corrected chi connectivity index (χ2v) is 4.40. The number of rotatable bonds is 4. The topological polar surface area (TPSA) is 39.2 Å². The minimum absolute atomic E-state index is 0.318. The summed E-state index contributed by atoms with van der Waals surface area (Å²) in [4.78, 5) is 15.8. The van der Waals surface area contributed by atoms with Gasteiger partial charge < -0.3 is 4.74 Å². The first kappa shape index (κ1) is 14.0. The molecule has 20 heavy (non-hydrogen) atoms. The fraction of sp³-hybridized carbons (Fsp3) is 0.176. The van der Waals surface area contributed by atoms with Gasteiger partial charge in [-0.05, 0) is 37.6 Å². The van der Waals surface area contributed by atoms with Crippen LogP contribution in [0.3, 0.4) is 0 Å². The Bertz CT molecular complexity index is 671. The standard InChI is InChI=1S/C17H17NO2/c1-3-20-17(19)12-13(2)8-10-15-11-9-14-6-4-5-7-16(14)18-15/h4-12H,3H2,1-2H3/b10-8+,13-12-. The van der Waals surface area contributed by atoms with Gasteiger partial charge in [0.2, 0.25) is 0 Å². The highest BCUT2D eigenvalue weighted by Gasteiger charge is 1.97. The minimum atomic E-state index is -0.318. The van der Waals surface area contributed by atoms with E-state index in [1.54, 1.807) is 6.92 Å². The summed E-state index contributed by atoms with van der Waals surface area (Å²) in [5, 5.41) is 1.11. The summed E-state index contributed by atoms with van der Waals surface area (Å²) < 4.78 is 4.86. The fourth-order valence-corrected chi connectivity index (χ4v) is 1.81. The van der Waals surface area contributed by atoms with E-state index in [2.05, 4.69) is 4.98 Å². The van der Waals surface area contributed by atoms with E-state index in [1.165, 1.54) is 6.08 Å². The summed E-state index contributed by atoms with van der Waals surface area (Å²) in [5.74, 6) is -0.318.